The quantitative estimate of drug-likeness (QED) is 0.783. The van der Waals surface area contributed by atoms with E-state index in [9.17, 15) is 0 Å². The molecule has 1 aromatic carbocycles. The fraction of sp³-hybridized carbons (Fsp3) is 0.500. The highest BCUT2D eigenvalue weighted by Crippen LogP contribution is 2.32. The average molecular weight is 223 g/mol. The molecule has 0 radical (unpaired) electrons. The molecule has 0 bridgehead atoms. The van der Waals surface area contributed by atoms with Crippen LogP contribution >= 0.6 is 11.8 Å². The number of ether oxygens (including phenoxy) is 1. The minimum Gasteiger partial charge on any atom is -0.399 e. The molecule has 1 fully saturated rings. The van der Waals surface area contributed by atoms with Gasteiger partial charge in [0, 0.05) is 29.0 Å². The van der Waals surface area contributed by atoms with Gasteiger partial charge in [0.2, 0.25) is 0 Å². The second-order valence-electron chi connectivity index (χ2n) is 3.95. The van der Waals surface area contributed by atoms with Crippen LogP contribution in [0.2, 0.25) is 0 Å². The lowest BCUT2D eigenvalue weighted by Gasteiger charge is -2.22. The summed E-state index contributed by atoms with van der Waals surface area (Å²) in [7, 11) is 0. The molecule has 0 amide bonds. The summed E-state index contributed by atoms with van der Waals surface area (Å²) in [4.78, 5) is 1.36. The number of hydrogen-bond donors (Lipinski definition) is 1. The number of benzene rings is 1. The summed E-state index contributed by atoms with van der Waals surface area (Å²) in [5, 5.41) is 0.709. The lowest BCUT2D eigenvalue weighted by molar-refractivity contribution is 0.100. The van der Waals surface area contributed by atoms with E-state index in [1.165, 1.54) is 10.5 Å². The standard InChI is InChI=1S/C12H17NOS/c1-9-8-10(13)2-3-12(9)15-11-4-6-14-7-5-11/h2-3,8,11H,4-7,13H2,1H3. The lowest BCUT2D eigenvalue weighted by Crippen LogP contribution is -2.17. The molecule has 1 aliphatic heterocycles. The molecule has 82 valence electrons. The van der Waals surface area contributed by atoms with Gasteiger partial charge in [-0.2, -0.15) is 0 Å². The first-order valence-corrected chi connectivity index (χ1v) is 6.24. The van der Waals surface area contributed by atoms with E-state index < -0.39 is 0 Å². The van der Waals surface area contributed by atoms with E-state index in [1.54, 1.807) is 0 Å². The van der Waals surface area contributed by atoms with Gasteiger partial charge in [0.25, 0.3) is 0 Å². The SMILES string of the molecule is Cc1cc(N)ccc1SC1CCOCC1. The van der Waals surface area contributed by atoms with E-state index >= 15 is 0 Å². The molecule has 2 nitrogen and oxygen atoms in total. The number of anilines is 1. The third kappa shape index (κ3) is 2.89. The van der Waals surface area contributed by atoms with Gasteiger partial charge < -0.3 is 10.5 Å². The molecule has 0 aromatic heterocycles. The van der Waals surface area contributed by atoms with Crippen LogP contribution in [0.15, 0.2) is 23.1 Å². The van der Waals surface area contributed by atoms with Crippen LogP contribution in [-0.4, -0.2) is 18.5 Å². The zero-order valence-corrected chi connectivity index (χ0v) is 9.85. The Kier molecular flexibility index (Phi) is 3.54. The van der Waals surface area contributed by atoms with E-state index in [4.69, 9.17) is 10.5 Å². The van der Waals surface area contributed by atoms with Gasteiger partial charge in [-0.3, -0.25) is 0 Å². The van der Waals surface area contributed by atoms with Gasteiger partial charge in [0.05, 0.1) is 0 Å². The van der Waals surface area contributed by atoms with Crippen molar-refractivity contribution in [1.82, 2.24) is 0 Å². The molecule has 0 spiro atoms. The Morgan fingerprint density at radius 3 is 2.73 bits per heavy atom. The maximum absolute atomic E-state index is 5.73. The zero-order valence-electron chi connectivity index (χ0n) is 9.03. The summed E-state index contributed by atoms with van der Waals surface area (Å²) in [6.07, 6.45) is 2.32. The van der Waals surface area contributed by atoms with Crippen molar-refractivity contribution < 1.29 is 4.74 Å². The molecule has 1 heterocycles. The Labute approximate surface area is 95.2 Å². The van der Waals surface area contributed by atoms with E-state index in [0.29, 0.717) is 5.25 Å². The molecule has 0 aliphatic carbocycles. The van der Waals surface area contributed by atoms with Crippen LogP contribution in [-0.2, 0) is 4.74 Å². The highest BCUT2D eigenvalue weighted by molar-refractivity contribution is 8.00. The van der Waals surface area contributed by atoms with Crippen molar-refractivity contribution in [2.75, 3.05) is 18.9 Å². The maximum atomic E-state index is 5.73. The zero-order chi connectivity index (χ0) is 10.7. The smallest absolute Gasteiger partial charge is 0.0476 e. The molecule has 3 heteroatoms. The van der Waals surface area contributed by atoms with Crippen molar-refractivity contribution in [1.29, 1.82) is 0 Å². The van der Waals surface area contributed by atoms with Gasteiger partial charge in [-0.05, 0) is 43.5 Å². The summed E-state index contributed by atoms with van der Waals surface area (Å²) >= 11 is 1.96. The number of hydrogen-bond acceptors (Lipinski definition) is 3. The number of aryl methyl sites for hydroxylation is 1. The predicted molar refractivity (Wildman–Crippen MR) is 65.3 cm³/mol. The van der Waals surface area contributed by atoms with Gasteiger partial charge in [0.15, 0.2) is 0 Å². The molecule has 0 unspecified atom stereocenters. The summed E-state index contributed by atoms with van der Waals surface area (Å²) in [5.74, 6) is 0. The first kappa shape index (κ1) is 10.8. The Balaban J connectivity index is 2.03. The maximum Gasteiger partial charge on any atom is 0.0476 e. The second kappa shape index (κ2) is 4.90. The number of thioether (sulfide) groups is 1. The fourth-order valence-electron chi connectivity index (χ4n) is 1.78. The highest BCUT2D eigenvalue weighted by Gasteiger charge is 2.15. The largest absolute Gasteiger partial charge is 0.399 e. The topological polar surface area (TPSA) is 35.2 Å². The van der Waals surface area contributed by atoms with Crippen LogP contribution in [0, 0.1) is 6.92 Å². The average Bonchev–Trinajstić information content (AvgIpc) is 2.24. The summed E-state index contributed by atoms with van der Waals surface area (Å²) in [6, 6.07) is 6.15. The van der Waals surface area contributed by atoms with E-state index in [2.05, 4.69) is 13.0 Å². The van der Waals surface area contributed by atoms with Crippen molar-refractivity contribution in [2.24, 2.45) is 0 Å². The molecule has 1 saturated heterocycles. The van der Waals surface area contributed by atoms with Crippen LogP contribution in [0.3, 0.4) is 0 Å². The Bertz CT molecular complexity index is 334. The van der Waals surface area contributed by atoms with Crippen LogP contribution in [0.1, 0.15) is 18.4 Å². The van der Waals surface area contributed by atoms with E-state index in [0.717, 1.165) is 31.7 Å². The molecule has 0 atom stereocenters. The highest BCUT2D eigenvalue weighted by atomic mass is 32.2. The summed E-state index contributed by atoms with van der Waals surface area (Å²) in [6.45, 7) is 3.94. The second-order valence-corrected chi connectivity index (χ2v) is 5.30. The molecule has 2 N–H and O–H groups in total. The first-order chi connectivity index (χ1) is 7.25. The predicted octanol–water partition coefficient (Wildman–Crippen LogP) is 2.85. The summed E-state index contributed by atoms with van der Waals surface area (Å²) in [5.41, 5.74) is 7.87. The molecule has 0 saturated carbocycles. The lowest BCUT2D eigenvalue weighted by atomic mass is 10.2. The first-order valence-electron chi connectivity index (χ1n) is 5.36. The van der Waals surface area contributed by atoms with Gasteiger partial charge in [-0.15, -0.1) is 11.8 Å². The normalized spacial score (nSPS) is 17.9. The van der Waals surface area contributed by atoms with Gasteiger partial charge in [-0.25, -0.2) is 0 Å². The van der Waals surface area contributed by atoms with Gasteiger partial charge >= 0.3 is 0 Å². The van der Waals surface area contributed by atoms with E-state index in [1.807, 2.05) is 23.9 Å². The van der Waals surface area contributed by atoms with Gasteiger partial charge in [-0.1, -0.05) is 0 Å². The minimum atomic E-state index is 0.709. The van der Waals surface area contributed by atoms with Crippen LogP contribution in [0.25, 0.3) is 0 Å². The Morgan fingerprint density at radius 2 is 2.07 bits per heavy atom. The summed E-state index contributed by atoms with van der Waals surface area (Å²) < 4.78 is 5.35. The monoisotopic (exact) mass is 223 g/mol. The molecular weight excluding hydrogens is 206 g/mol. The third-order valence-corrected chi connectivity index (χ3v) is 4.18. The number of nitrogens with two attached hydrogens (primary N) is 1. The van der Waals surface area contributed by atoms with Gasteiger partial charge in [0.1, 0.15) is 0 Å². The molecular formula is C12H17NOS. The van der Waals surface area contributed by atoms with Crippen molar-refractivity contribution in [2.45, 2.75) is 29.9 Å². The minimum absolute atomic E-state index is 0.709. The number of rotatable bonds is 2. The molecule has 1 aromatic rings. The van der Waals surface area contributed by atoms with E-state index in [-0.39, 0.29) is 0 Å². The van der Waals surface area contributed by atoms with Crippen LogP contribution < -0.4 is 5.73 Å². The Morgan fingerprint density at radius 1 is 1.33 bits per heavy atom. The van der Waals surface area contributed by atoms with Crippen molar-refractivity contribution in [3.8, 4) is 0 Å². The van der Waals surface area contributed by atoms with Crippen molar-refractivity contribution in [3.05, 3.63) is 23.8 Å². The van der Waals surface area contributed by atoms with Crippen molar-refractivity contribution >= 4 is 17.4 Å². The Hall–Kier alpha value is -0.670. The van der Waals surface area contributed by atoms with Crippen molar-refractivity contribution in [3.63, 3.8) is 0 Å². The number of nitrogen functional groups attached to an aromatic ring is 1. The molecule has 15 heavy (non-hydrogen) atoms. The third-order valence-electron chi connectivity index (χ3n) is 2.66. The molecule has 2 rings (SSSR count). The van der Waals surface area contributed by atoms with Crippen LogP contribution in [0.5, 0.6) is 0 Å². The van der Waals surface area contributed by atoms with Crippen LogP contribution in [0.4, 0.5) is 5.69 Å². The fourth-order valence-corrected chi connectivity index (χ4v) is 2.96. The molecule has 1 aliphatic rings.